The smallest absolute Gasteiger partial charge is 0.408 e. The van der Waals surface area contributed by atoms with E-state index in [1.165, 1.54) is 0 Å². The number of fused-ring (bicyclic) bond motifs is 1. The number of aliphatic hydroxyl groups is 2. The highest BCUT2D eigenvalue weighted by Gasteiger charge is 2.57. The van der Waals surface area contributed by atoms with Crippen molar-refractivity contribution >= 4 is 24.4 Å². The SMILES string of the molecule is CC(C)(C)OC(=O)NCC1CC[C@H](N)[C@@H](OC2C(NC(=O)OC(C)(C)C)C[C@@H](NC(=O)OC(C)(C)C)C(O[C@@H]3OC4COC5(CCCCC5)O[C@H]4C(NC(=O)OC(C)(C)C)[C@@H]3O)[C@H]2O)O1. The summed E-state index contributed by atoms with van der Waals surface area (Å²) in [4.78, 5) is 52.7. The molecule has 21 heteroatoms. The van der Waals surface area contributed by atoms with Crippen molar-refractivity contribution in [2.45, 2.75) is 242 Å². The molecular formula is C44H77N5O16. The number of hydrogen-bond donors (Lipinski definition) is 7. The van der Waals surface area contributed by atoms with Gasteiger partial charge in [-0.1, -0.05) is 6.42 Å². The lowest BCUT2D eigenvalue weighted by Crippen LogP contribution is -2.72. The molecular weight excluding hydrogens is 855 g/mol. The molecule has 374 valence electrons. The standard InChI is InChI=1S/C44H77N5O16/c1-40(2,3)62-36(52)46-21-23-16-17-24(45)34(57-23)59-31-25(47-37(53)63-41(4,5)6)20-26(48-38(54)64-42(7,8)9)32(30(31)51)60-35-29(50)28(49-39(55)65-43(10,11)12)33-27(58-35)22-56-44(61-33)18-14-13-15-19-44/h23-35,50-51H,13-22,45H2,1-12H3,(H,46,52)(H,47,53)(H,48,54)(H,49,55)/t23?,24-,25?,26+,27?,28?,29-,30-,31?,32?,33+,34+,35-/m0/s1. The minimum absolute atomic E-state index is 0.0328. The Kier molecular flexibility index (Phi) is 17.0. The van der Waals surface area contributed by atoms with Crippen molar-refractivity contribution in [3.8, 4) is 0 Å². The van der Waals surface area contributed by atoms with Crippen LogP contribution in [-0.4, -0.2) is 155 Å². The topological polar surface area (TPSA) is 275 Å². The average Bonchev–Trinajstić information content (AvgIpc) is 3.14. The van der Waals surface area contributed by atoms with E-state index in [0.717, 1.165) is 19.3 Å². The molecule has 65 heavy (non-hydrogen) atoms. The third kappa shape index (κ3) is 15.6. The van der Waals surface area contributed by atoms with Crippen molar-refractivity contribution in [1.29, 1.82) is 0 Å². The molecule has 3 heterocycles. The predicted octanol–water partition coefficient (Wildman–Crippen LogP) is 3.72. The minimum atomic E-state index is -1.71. The highest BCUT2D eigenvalue weighted by molar-refractivity contribution is 5.70. The quantitative estimate of drug-likeness (QED) is 0.162. The van der Waals surface area contributed by atoms with E-state index >= 15 is 0 Å². The van der Waals surface area contributed by atoms with E-state index in [4.69, 9.17) is 53.1 Å². The highest BCUT2D eigenvalue weighted by atomic mass is 16.8. The molecule has 0 radical (unpaired) electrons. The lowest BCUT2D eigenvalue weighted by atomic mass is 9.83. The Bertz CT molecular complexity index is 1620. The lowest BCUT2D eigenvalue weighted by molar-refractivity contribution is -0.389. The molecule has 0 aromatic rings. The van der Waals surface area contributed by atoms with Gasteiger partial charge in [-0.15, -0.1) is 0 Å². The molecule has 1 spiro atoms. The number of amides is 4. The molecule has 2 saturated carbocycles. The summed E-state index contributed by atoms with van der Waals surface area (Å²) < 4.78 is 60.8. The summed E-state index contributed by atoms with van der Waals surface area (Å²) in [5, 5.41) is 35.7. The third-order valence-electron chi connectivity index (χ3n) is 11.2. The van der Waals surface area contributed by atoms with E-state index in [-0.39, 0.29) is 19.6 Å². The summed E-state index contributed by atoms with van der Waals surface area (Å²) in [6, 6.07) is -4.08. The fraction of sp³-hybridized carbons (Fsp3) is 0.909. The van der Waals surface area contributed by atoms with Crippen molar-refractivity contribution in [2.75, 3.05) is 13.2 Å². The molecule has 0 bridgehead atoms. The van der Waals surface area contributed by atoms with Crippen LogP contribution >= 0.6 is 0 Å². The zero-order chi connectivity index (χ0) is 48.3. The first-order valence-electron chi connectivity index (χ1n) is 23.0. The summed E-state index contributed by atoms with van der Waals surface area (Å²) in [5.74, 6) is -0.931. The Morgan fingerprint density at radius 2 is 1.14 bits per heavy atom. The molecule has 8 N–H and O–H groups in total. The average molecular weight is 932 g/mol. The Morgan fingerprint density at radius 3 is 1.66 bits per heavy atom. The maximum absolute atomic E-state index is 13.5. The van der Waals surface area contributed by atoms with Gasteiger partial charge in [-0.2, -0.15) is 0 Å². The number of carbonyl (C=O) groups is 4. The number of rotatable bonds is 9. The summed E-state index contributed by atoms with van der Waals surface area (Å²) in [6.45, 7) is 20.6. The summed E-state index contributed by atoms with van der Waals surface area (Å²) in [7, 11) is 0. The number of alkyl carbamates (subject to hydrolysis) is 4. The van der Waals surface area contributed by atoms with Gasteiger partial charge in [0, 0.05) is 19.4 Å². The van der Waals surface area contributed by atoms with Crippen LogP contribution in [0.2, 0.25) is 0 Å². The van der Waals surface area contributed by atoms with E-state index < -0.39 is 132 Å². The zero-order valence-corrected chi connectivity index (χ0v) is 40.3. The second-order valence-electron chi connectivity index (χ2n) is 21.8. The first-order chi connectivity index (χ1) is 30.0. The molecule has 3 saturated heterocycles. The monoisotopic (exact) mass is 932 g/mol. The molecule has 13 atom stereocenters. The van der Waals surface area contributed by atoms with Crippen LogP contribution in [0.25, 0.3) is 0 Å². The largest absolute Gasteiger partial charge is 0.444 e. The molecule has 2 aliphatic carbocycles. The Labute approximate surface area is 382 Å². The van der Waals surface area contributed by atoms with E-state index in [2.05, 4.69) is 21.3 Å². The van der Waals surface area contributed by atoms with E-state index in [1.807, 2.05) is 0 Å². The molecule has 3 aliphatic heterocycles. The van der Waals surface area contributed by atoms with E-state index in [1.54, 1.807) is 83.1 Å². The van der Waals surface area contributed by atoms with Crippen molar-refractivity contribution in [2.24, 2.45) is 5.73 Å². The van der Waals surface area contributed by atoms with Crippen molar-refractivity contribution in [3.63, 3.8) is 0 Å². The number of carbonyl (C=O) groups excluding carboxylic acids is 4. The van der Waals surface area contributed by atoms with Gasteiger partial charge in [-0.3, -0.25) is 0 Å². The first-order valence-corrected chi connectivity index (χ1v) is 23.0. The summed E-state index contributed by atoms with van der Waals surface area (Å²) in [5.41, 5.74) is 3.12. The van der Waals surface area contributed by atoms with Gasteiger partial charge < -0.3 is 84.6 Å². The fourth-order valence-corrected chi connectivity index (χ4v) is 8.53. The third-order valence-corrected chi connectivity index (χ3v) is 11.2. The molecule has 21 nitrogen and oxygen atoms in total. The van der Waals surface area contributed by atoms with E-state index in [9.17, 15) is 29.4 Å². The van der Waals surface area contributed by atoms with Crippen LogP contribution in [0.3, 0.4) is 0 Å². The van der Waals surface area contributed by atoms with Crippen LogP contribution in [0.5, 0.6) is 0 Å². The van der Waals surface area contributed by atoms with Gasteiger partial charge in [0.1, 0.15) is 59.0 Å². The second kappa shape index (κ2) is 20.9. The van der Waals surface area contributed by atoms with Gasteiger partial charge >= 0.3 is 24.4 Å². The van der Waals surface area contributed by atoms with Crippen molar-refractivity contribution in [1.82, 2.24) is 21.3 Å². The molecule has 5 rings (SSSR count). The van der Waals surface area contributed by atoms with Gasteiger partial charge in [0.15, 0.2) is 18.4 Å². The lowest BCUT2D eigenvalue weighted by Gasteiger charge is -2.53. The van der Waals surface area contributed by atoms with Gasteiger partial charge in [0.05, 0.1) is 36.9 Å². The Balaban J connectivity index is 1.46. The highest BCUT2D eigenvalue weighted by Crippen LogP contribution is 2.42. The van der Waals surface area contributed by atoms with Crippen molar-refractivity contribution in [3.05, 3.63) is 0 Å². The molecule has 0 aromatic carbocycles. The van der Waals surface area contributed by atoms with Gasteiger partial charge in [-0.25, -0.2) is 19.2 Å². The molecule has 5 fully saturated rings. The molecule has 4 amide bonds. The number of nitrogens with one attached hydrogen (secondary N) is 4. The Hall–Kier alpha value is -3.28. The van der Waals surface area contributed by atoms with Crippen LogP contribution in [0.1, 0.15) is 134 Å². The van der Waals surface area contributed by atoms with Gasteiger partial charge in [0.25, 0.3) is 0 Å². The van der Waals surface area contributed by atoms with Crippen LogP contribution < -0.4 is 27.0 Å². The minimum Gasteiger partial charge on any atom is -0.444 e. The summed E-state index contributed by atoms with van der Waals surface area (Å²) >= 11 is 0. The van der Waals surface area contributed by atoms with Gasteiger partial charge in [-0.05, 0) is 115 Å². The van der Waals surface area contributed by atoms with Crippen LogP contribution in [-0.2, 0) is 47.4 Å². The van der Waals surface area contributed by atoms with Crippen molar-refractivity contribution < 1.29 is 76.8 Å². The van der Waals surface area contributed by atoms with Crippen LogP contribution in [0.4, 0.5) is 19.2 Å². The number of ether oxygens (including phenoxy) is 10. The Morgan fingerprint density at radius 1 is 0.646 bits per heavy atom. The van der Waals surface area contributed by atoms with Crippen LogP contribution in [0.15, 0.2) is 0 Å². The predicted molar refractivity (Wildman–Crippen MR) is 231 cm³/mol. The fourth-order valence-electron chi connectivity index (χ4n) is 8.53. The normalized spacial score (nSPS) is 34.3. The maximum atomic E-state index is 13.5. The zero-order valence-electron chi connectivity index (χ0n) is 40.3. The van der Waals surface area contributed by atoms with E-state index in [0.29, 0.717) is 25.7 Å². The molecule has 6 unspecified atom stereocenters. The first kappa shape index (κ1) is 52.7. The number of hydrogen-bond acceptors (Lipinski definition) is 17. The van der Waals surface area contributed by atoms with Gasteiger partial charge in [0.2, 0.25) is 0 Å². The molecule has 5 aliphatic rings. The second-order valence-corrected chi connectivity index (χ2v) is 21.8. The number of nitrogens with two attached hydrogens (primary N) is 1. The number of aliphatic hydroxyl groups excluding tert-OH is 2. The maximum Gasteiger partial charge on any atom is 0.408 e. The molecule has 0 aromatic heterocycles. The van der Waals surface area contributed by atoms with Crippen LogP contribution in [0, 0.1) is 0 Å². The summed E-state index contributed by atoms with van der Waals surface area (Å²) in [6.07, 6.45) is -9.64.